The number of aromatic nitrogens is 1. The van der Waals surface area contributed by atoms with Gasteiger partial charge in [-0.3, -0.25) is 0 Å². The Morgan fingerprint density at radius 3 is 1.51 bits per heavy atom. The van der Waals surface area contributed by atoms with Crippen LogP contribution in [-0.2, 0) is 0 Å². The number of rotatable bonds is 6. The molecule has 0 aliphatic rings. The summed E-state index contributed by atoms with van der Waals surface area (Å²) < 4.78 is 5.04. The van der Waals surface area contributed by atoms with Gasteiger partial charge in [-0.15, -0.1) is 11.3 Å². The molecule has 0 spiro atoms. The Labute approximate surface area is 300 Å². The summed E-state index contributed by atoms with van der Waals surface area (Å²) in [5.74, 6) is 0. The lowest BCUT2D eigenvalue weighted by Gasteiger charge is -2.26. The van der Waals surface area contributed by atoms with Gasteiger partial charge in [-0.05, 0) is 82.9 Å². The van der Waals surface area contributed by atoms with Crippen LogP contribution in [-0.4, -0.2) is 4.57 Å². The fourth-order valence-electron chi connectivity index (χ4n) is 7.57. The number of hydrogen-bond donors (Lipinski definition) is 0. The molecule has 0 aliphatic heterocycles. The molecular formula is C48H32N2S. The maximum Gasteiger partial charge on any atom is 0.0719 e. The molecule has 0 radical (unpaired) electrons. The van der Waals surface area contributed by atoms with Crippen molar-refractivity contribution < 1.29 is 0 Å². The van der Waals surface area contributed by atoms with Crippen molar-refractivity contribution in [3.05, 3.63) is 194 Å². The molecule has 2 heterocycles. The molecule has 0 atom stereocenters. The quantitative estimate of drug-likeness (QED) is 0.171. The van der Waals surface area contributed by atoms with Gasteiger partial charge in [-0.25, -0.2) is 0 Å². The van der Waals surface area contributed by atoms with Gasteiger partial charge < -0.3 is 9.47 Å². The van der Waals surface area contributed by atoms with E-state index in [0.717, 1.165) is 17.1 Å². The van der Waals surface area contributed by atoms with Crippen molar-refractivity contribution >= 4 is 70.4 Å². The summed E-state index contributed by atoms with van der Waals surface area (Å²) in [7, 11) is 0. The maximum absolute atomic E-state index is 2.44. The largest absolute Gasteiger partial charge is 0.310 e. The minimum Gasteiger partial charge on any atom is -0.310 e. The summed E-state index contributed by atoms with van der Waals surface area (Å²) in [4.78, 5) is 2.38. The molecule has 0 N–H and O–H groups in total. The standard InChI is InChI=1S/C48H32N2S/c1-4-12-33(13-5-1)35-20-24-38(25-21-35)49(39-26-22-36(23-27-39)34-14-6-2-7-15-34)40-28-31-46-44(32-40)43-30-29-42-41-18-10-11-19-45(41)50(47(42)48(43)51-46)37-16-8-3-9-17-37/h1-32H. The van der Waals surface area contributed by atoms with E-state index < -0.39 is 0 Å². The molecule has 240 valence electrons. The summed E-state index contributed by atoms with van der Waals surface area (Å²) in [6.07, 6.45) is 0. The zero-order valence-corrected chi connectivity index (χ0v) is 28.6. The Kier molecular flexibility index (Phi) is 7.04. The molecule has 8 aromatic carbocycles. The van der Waals surface area contributed by atoms with Crippen molar-refractivity contribution in [2.45, 2.75) is 0 Å². The molecular weight excluding hydrogens is 637 g/mol. The van der Waals surface area contributed by atoms with E-state index in [2.05, 4.69) is 204 Å². The molecule has 0 fully saturated rings. The SMILES string of the molecule is c1ccc(-c2ccc(N(c3ccc(-c4ccccc4)cc3)c3ccc4sc5c(ccc6c7ccccc7n(-c7ccccc7)c65)c4c3)cc2)cc1. The molecule has 3 heteroatoms. The first-order valence-corrected chi connectivity index (χ1v) is 18.2. The number of hydrogen-bond acceptors (Lipinski definition) is 2. The van der Waals surface area contributed by atoms with Gasteiger partial charge in [0.05, 0.1) is 15.7 Å². The highest BCUT2D eigenvalue weighted by atomic mass is 32.1. The van der Waals surface area contributed by atoms with Gasteiger partial charge in [0.15, 0.2) is 0 Å². The molecule has 0 saturated carbocycles. The highest BCUT2D eigenvalue weighted by Crippen LogP contribution is 2.45. The van der Waals surface area contributed by atoms with E-state index in [1.807, 2.05) is 11.3 Å². The van der Waals surface area contributed by atoms with E-state index >= 15 is 0 Å². The van der Waals surface area contributed by atoms with Crippen LogP contribution in [0, 0.1) is 0 Å². The Balaban J connectivity index is 1.16. The topological polar surface area (TPSA) is 8.17 Å². The molecule has 10 aromatic rings. The molecule has 51 heavy (non-hydrogen) atoms. The predicted octanol–water partition coefficient (Wildman–Crippen LogP) is 14.0. The van der Waals surface area contributed by atoms with Crippen LogP contribution >= 0.6 is 11.3 Å². The Morgan fingerprint density at radius 2 is 0.882 bits per heavy atom. The van der Waals surface area contributed by atoms with E-state index in [0.29, 0.717) is 0 Å². The second-order valence-electron chi connectivity index (χ2n) is 13.0. The minimum absolute atomic E-state index is 1.12. The zero-order chi connectivity index (χ0) is 33.7. The Hall–Kier alpha value is -6.42. The summed E-state index contributed by atoms with van der Waals surface area (Å²) >= 11 is 1.89. The number of thiophene rings is 1. The van der Waals surface area contributed by atoms with Crippen LogP contribution in [0.15, 0.2) is 194 Å². The lowest BCUT2D eigenvalue weighted by molar-refractivity contribution is 1.19. The average molecular weight is 669 g/mol. The molecule has 0 aliphatic carbocycles. The molecule has 10 rings (SSSR count). The average Bonchev–Trinajstić information content (AvgIpc) is 3.75. The van der Waals surface area contributed by atoms with Gasteiger partial charge in [0.1, 0.15) is 0 Å². The highest BCUT2D eigenvalue weighted by Gasteiger charge is 2.19. The Bertz CT molecular complexity index is 2730. The molecule has 2 nitrogen and oxygen atoms in total. The molecule has 0 amide bonds. The number of benzene rings is 8. The van der Waals surface area contributed by atoms with Gasteiger partial charge in [-0.2, -0.15) is 0 Å². The summed E-state index contributed by atoms with van der Waals surface area (Å²) in [6, 6.07) is 70.2. The third-order valence-electron chi connectivity index (χ3n) is 9.99. The third-order valence-corrected chi connectivity index (χ3v) is 11.2. The first-order valence-electron chi connectivity index (χ1n) is 17.4. The van der Waals surface area contributed by atoms with Gasteiger partial charge >= 0.3 is 0 Å². The van der Waals surface area contributed by atoms with E-state index in [-0.39, 0.29) is 0 Å². The van der Waals surface area contributed by atoms with Crippen LogP contribution in [0.2, 0.25) is 0 Å². The van der Waals surface area contributed by atoms with Crippen LogP contribution < -0.4 is 4.90 Å². The van der Waals surface area contributed by atoms with E-state index in [1.165, 1.54) is 69.9 Å². The first kappa shape index (κ1) is 29.5. The van der Waals surface area contributed by atoms with Gasteiger partial charge in [-0.1, -0.05) is 133 Å². The van der Waals surface area contributed by atoms with Crippen molar-refractivity contribution in [3.63, 3.8) is 0 Å². The van der Waals surface area contributed by atoms with Crippen molar-refractivity contribution in [1.82, 2.24) is 4.57 Å². The van der Waals surface area contributed by atoms with Crippen LogP contribution in [0.25, 0.3) is 69.9 Å². The van der Waals surface area contributed by atoms with Crippen molar-refractivity contribution in [3.8, 4) is 27.9 Å². The zero-order valence-electron chi connectivity index (χ0n) is 27.8. The number of para-hydroxylation sites is 2. The fourth-order valence-corrected chi connectivity index (χ4v) is 8.79. The van der Waals surface area contributed by atoms with Crippen molar-refractivity contribution in [1.29, 1.82) is 0 Å². The molecule has 0 bridgehead atoms. The van der Waals surface area contributed by atoms with Gasteiger partial charge in [0.2, 0.25) is 0 Å². The number of fused-ring (bicyclic) bond motifs is 7. The second-order valence-corrected chi connectivity index (χ2v) is 14.0. The maximum atomic E-state index is 2.44. The normalized spacial score (nSPS) is 11.5. The molecule has 0 saturated heterocycles. The van der Waals surface area contributed by atoms with Gasteiger partial charge in [0, 0.05) is 49.0 Å². The lowest BCUT2D eigenvalue weighted by Crippen LogP contribution is -2.09. The van der Waals surface area contributed by atoms with Crippen LogP contribution in [0.5, 0.6) is 0 Å². The van der Waals surface area contributed by atoms with E-state index in [1.54, 1.807) is 0 Å². The fraction of sp³-hybridized carbons (Fsp3) is 0. The smallest absolute Gasteiger partial charge is 0.0719 e. The van der Waals surface area contributed by atoms with Crippen LogP contribution in [0.1, 0.15) is 0 Å². The van der Waals surface area contributed by atoms with Gasteiger partial charge in [0.25, 0.3) is 0 Å². The second kappa shape index (κ2) is 12.2. The minimum atomic E-state index is 1.12. The molecule has 0 unspecified atom stereocenters. The van der Waals surface area contributed by atoms with E-state index in [4.69, 9.17) is 0 Å². The monoisotopic (exact) mass is 668 g/mol. The summed E-state index contributed by atoms with van der Waals surface area (Å²) in [5, 5.41) is 5.11. The first-order chi connectivity index (χ1) is 25.3. The van der Waals surface area contributed by atoms with Crippen LogP contribution in [0.4, 0.5) is 17.1 Å². The van der Waals surface area contributed by atoms with Crippen LogP contribution in [0.3, 0.4) is 0 Å². The summed E-state index contributed by atoms with van der Waals surface area (Å²) in [6.45, 7) is 0. The van der Waals surface area contributed by atoms with E-state index in [9.17, 15) is 0 Å². The summed E-state index contributed by atoms with van der Waals surface area (Å²) in [5.41, 5.74) is 11.9. The highest BCUT2D eigenvalue weighted by molar-refractivity contribution is 7.26. The number of nitrogens with zero attached hydrogens (tertiary/aromatic N) is 2. The van der Waals surface area contributed by atoms with Crippen molar-refractivity contribution in [2.75, 3.05) is 4.90 Å². The predicted molar refractivity (Wildman–Crippen MR) is 219 cm³/mol. The number of anilines is 3. The lowest BCUT2D eigenvalue weighted by atomic mass is 10.0. The third kappa shape index (κ3) is 5.01. The molecule has 2 aromatic heterocycles. The Morgan fingerprint density at radius 1 is 0.373 bits per heavy atom. The van der Waals surface area contributed by atoms with Crippen molar-refractivity contribution in [2.24, 2.45) is 0 Å².